The largest absolute Gasteiger partial charge is 0.411 e. The minimum atomic E-state index is -4.28. The lowest BCUT2D eigenvalue weighted by Crippen LogP contribution is -2.48. The fraction of sp³-hybridized carbons (Fsp3) is 1.00. The standard InChI is InChI=1S/C13H22F3NO2S/c14-13(15,16)9-18-8-11(17)10-1-4-19-12(7-10)2-5-20-6-3-12/h10-11H,1-9,17H2. The van der Waals surface area contributed by atoms with Gasteiger partial charge in [-0.3, -0.25) is 0 Å². The van der Waals surface area contributed by atoms with Gasteiger partial charge in [-0.15, -0.1) is 0 Å². The Bertz CT molecular complexity index is 303. The molecule has 2 heterocycles. The number of ether oxygens (including phenoxy) is 2. The first-order valence-corrected chi connectivity index (χ1v) is 8.17. The first-order valence-electron chi connectivity index (χ1n) is 7.02. The van der Waals surface area contributed by atoms with E-state index in [1.165, 1.54) is 0 Å². The van der Waals surface area contributed by atoms with Gasteiger partial charge in [-0.1, -0.05) is 0 Å². The molecular formula is C13H22F3NO2S. The van der Waals surface area contributed by atoms with Gasteiger partial charge in [-0.25, -0.2) is 0 Å². The van der Waals surface area contributed by atoms with Gasteiger partial charge < -0.3 is 15.2 Å². The molecule has 2 aliphatic rings. The summed E-state index contributed by atoms with van der Waals surface area (Å²) in [6, 6.07) is -0.340. The molecule has 20 heavy (non-hydrogen) atoms. The summed E-state index contributed by atoms with van der Waals surface area (Å²) in [5, 5.41) is 0. The minimum absolute atomic E-state index is 0.0327. The van der Waals surface area contributed by atoms with E-state index in [1.54, 1.807) is 0 Å². The van der Waals surface area contributed by atoms with Crippen LogP contribution in [0.4, 0.5) is 13.2 Å². The lowest BCUT2D eigenvalue weighted by Gasteiger charge is -2.44. The van der Waals surface area contributed by atoms with Crippen LogP contribution in [-0.4, -0.2) is 49.1 Å². The highest BCUT2D eigenvalue weighted by molar-refractivity contribution is 7.99. The van der Waals surface area contributed by atoms with Crippen LogP contribution >= 0.6 is 11.8 Å². The summed E-state index contributed by atoms with van der Waals surface area (Å²) in [5.74, 6) is 2.37. The van der Waals surface area contributed by atoms with Crippen LogP contribution in [0.15, 0.2) is 0 Å². The van der Waals surface area contributed by atoms with Crippen LogP contribution in [-0.2, 0) is 9.47 Å². The van der Waals surface area contributed by atoms with Crippen molar-refractivity contribution < 1.29 is 22.6 Å². The second-order valence-corrected chi connectivity index (χ2v) is 6.92. The number of nitrogens with two attached hydrogens (primary N) is 1. The van der Waals surface area contributed by atoms with Crippen LogP contribution in [0.2, 0.25) is 0 Å². The van der Waals surface area contributed by atoms with Gasteiger partial charge in [0, 0.05) is 12.6 Å². The van der Waals surface area contributed by atoms with Crippen LogP contribution in [0.3, 0.4) is 0 Å². The van der Waals surface area contributed by atoms with E-state index in [-0.39, 0.29) is 24.2 Å². The van der Waals surface area contributed by atoms with Crippen LogP contribution in [0.1, 0.15) is 25.7 Å². The van der Waals surface area contributed by atoms with Crippen molar-refractivity contribution in [1.82, 2.24) is 0 Å². The molecule has 2 atom stereocenters. The summed E-state index contributed by atoms with van der Waals surface area (Å²) in [6.45, 7) is -0.594. The predicted molar refractivity (Wildman–Crippen MR) is 72.8 cm³/mol. The van der Waals surface area contributed by atoms with Gasteiger partial charge in [0.1, 0.15) is 6.61 Å². The smallest absolute Gasteiger partial charge is 0.375 e. The van der Waals surface area contributed by atoms with Gasteiger partial charge in [0.25, 0.3) is 0 Å². The van der Waals surface area contributed by atoms with Crippen molar-refractivity contribution in [1.29, 1.82) is 0 Å². The third kappa shape index (κ3) is 4.79. The average Bonchev–Trinajstić information content (AvgIpc) is 2.38. The molecule has 2 rings (SSSR count). The molecule has 0 saturated carbocycles. The number of alkyl halides is 3. The molecule has 2 unspecified atom stereocenters. The minimum Gasteiger partial charge on any atom is -0.375 e. The Morgan fingerprint density at radius 1 is 1.35 bits per heavy atom. The molecule has 118 valence electrons. The molecule has 2 aliphatic heterocycles. The zero-order chi connectivity index (χ0) is 14.6. The highest BCUT2D eigenvalue weighted by atomic mass is 32.2. The van der Waals surface area contributed by atoms with E-state index in [9.17, 15) is 13.2 Å². The van der Waals surface area contributed by atoms with Crippen molar-refractivity contribution in [3.63, 3.8) is 0 Å². The van der Waals surface area contributed by atoms with Crippen molar-refractivity contribution in [2.24, 2.45) is 11.7 Å². The average molecular weight is 313 g/mol. The van der Waals surface area contributed by atoms with Crippen LogP contribution in [0.25, 0.3) is 0 Å². The first-order chi connectivity index (χ1) is 9.40. The van der Waals surface area contributed by atoms with Crippen molar-refractivity contribution >= 4 is 11.8 Å². The van der Waals surface area contributed by atoms with Crippen molar-refractivity contribution in [2.45, 2.75) is 43.5 Å². The molecule has 2 N–H and O–H groups in total. The maximum absolute atomic E-state index is 12.0. The Morgan fingerprint density at radius 3 is 2.70 bits per heavy atom. The first kappa shape index (κ1) is 16.4. The van der Waals surface area contributed by atoms with Gasteiger partial charge >= 0.3 is 6.18 Å². The highest BCUT2D eigenvalue weighted by Gasteiger charge is 2.40. The second-order valence-electron chi connectivity index (χ2n) is 5.69. The monoisotopic (exact) mass is 313 g/mol. The lowest BCUT2D eigenvalue weighted by molar-refractivity contribution is -0.177. The fourth-order valence-electron chi connectivity index (χ4n) is 2.97. The van der Waals surface area contributed by atoms with E-state index < -0.39 is 12.8 Å². The van der Waals surface area contributed by atoms with E-state index in [0.29, 0.717) is 6.61 Å². The van der Waals surface area contributed by atoms with Gasteiger partial charge in [0.2, 0.25) is 0 Å². The zero-order valence-corrected chi connectivity index (χ0v) is 12.3. The maximum atomic E-state index is 12.0. The van der Waals surface area contributed by atoms with Crippen molar-refractivity contribution in [3.05, 3.63) is 0 Å². The Morgan fingerprint density at radius 2 is 2.05 bits per heavy atom. The fourth-order valence-corrected chi connectivity index (χ4v) is 4.21. The molecular weight excluding hydrogens is 291 g/mol. The van der Waals surface area contributed by atoms with E-state index in [4.69, 9.17) is 15.2 Å². The van der Waals surface area contributed by atoms with Crippen molar-refractivity contribution in [3.8, 4) is 0 Å². The molecule has 7 heteroatoms. The molecule has 3 nitrogen and oxygen atoms in total. The Kier molecular flexibility index (Phi) is 5.62. The summed E-state index contributed by atoms with van der Waals surface area (Å²) in [5.41, 5.74) is 5.93. The molecule has 0 aromatic rings. The van der Waals surface area contributed by atoms with Crippen LogP contribution < -0.4 is 5.73 Å². The molecule has 2 saturated heterocycles. The van der Waals surface area contributed by atoms with Gasteiger partial charge in [-0.2, -0.15) is 24.9 Å². The van der Waals surface area contributed by atoms with E-state index in [1.807, 2.05) is 11.8 Å². The molecule has 0 aromatic heterocycles. The van der Waals surface area contributed by atoms with Crippen LogP contribution in [0.5, 0.6) is 0 Å². The number of rotatable bonds is 4. The summed E-state index contributed by atoms with van der Waals surface area (Å²) in [6.07, 6.45) is -0.582. The number of halogens is 3. The molecule has 0 bridgehead atoms. The number of thioether (sulfide) groups is 1. The molecule has 1 spiro atoms. The molecule has 0 aliphatic carbocycles. The Hall–Kier alpha value is 0.0200. The number of hydrogen-bond acceptors (Lipinski definition) is 4. The number of hydrogen-bond donors (Lipinski definition) is 1. The zero-order valence-electron chi connectivity index (χ0n) is 11.5. The quantitative estimate of drug-likeness (QED) is 0.866. The van der Waals surface area contributed by atoms with E-state index in [0.717, 1.165) is 37.2 Å². The predicted octanol–water partition coefficient (Wildman–Crippen LogP) is 2.59. The maximum Gasteiger partial charge on any atom is 0.411 e. The van der Waals surface area contributed by atoms with Gasteiger partial charge in [0.15, 0.2) is 0 Å². The van der Waals surface area contributed by atoms with E-state index >= 15 is 0 Å². The SMILES string of the molecule is NC(COCC(F)(F)F)C1CCOC2(CCSCC2)C1. The Labute approximate surface area is 121 Å². The van der Waals surface area contributed by atoms with Crippen molar-refractivity contribution in [2.75, 3.05) is 31.3 Å². The van der Waals surface area contributed by atoms with Crippen LogP contribution in [0, 0.1) is 5.92 Å². The second kappa shape index (κ2) is 6.85. The lowest BCUT2D eigenvalue weighted by atomic mass is 9.79. The Balaban J connectivity index is 1.79. The van der Waals surface area contributed by atoms with Gasteiger partial charge in [-0.05, 0) is 43.1 Å². The molecule has 0 radical (unpaired) electrons. The summed E-state index contributed by atoms with van der Waals surface area (Å²) in [4.78, 5) is 0. The summed E-state index contributed by atoms with van der Waals surface area (Å²) < 4.78 is 46.8. The normalized spacial score (nSPS) is 28.5. The molecule has 0 aromatic carbocycles. The summed E-state index contributed by atoms with van der Waals surface area (Å²) in [7, 11) is 0. The topological polar surface area (TPSA) is 44.5 Å². The molecule has 2 fully saturated rings. The third-order valence-corrected chi connectivity index (χ3v) is 5.10. The highest BCUT2D eigenvalue weighted by Crippen LogP contribution is 2.40. The van der Waals surface area contributed by atoms with E-state index in [2.05, 4.69) is 0 Å². The molecule has 0 amide bonds. The summed E-state index contributed by atoms with van der Waals surface area (Å²) >= 11 is 1.93. The third-order valence-electron chi connectivity index (χ3n) is 4.12. The van der Waals surface area contributed by atoms with Gasteiger partial charge in [0.05, 0.1) is 12.2 Å².